The highest BCUT2D eigenvalue weighted by Crippen LogP contribution is 2.35. The zero-order valence-electron chi connectivity index (χ0n) is 19.8. The molecule has 8 nitrogen and oxygen atoms in total. The van der Waals surface area contributed by atoms with Crippen LogP contribution in [-0.2, 0) is 13.0 Å². The largest absolute Gasteiger partial charge is 0.494 e. The van der Waals surface area contributed by atoms with Crippen LogP contribution in [0.4, 0.5) is 0 Å². The summed E-state index contributed by atoms with van der Waals surface area (Å²) in [5.41, 5.74) is 3.02. The number of amides is 1. The number of aryl methyl sites for hydroxylation is 1. The van der Waals surface area contributed by atoms with E-state index in [0.717, 1.165) is 48.0 Å². The van der Waals surface area contributed by atoms with Crippen molar-refractivity contribution in [1.82, 2.24) is 16.0 Å². The van der Waals surface area contributed by atoms with E-state index in [9.17, 15) is 4.79 Å². The number of carbonyl (C=O) groups excluding carboxylic acids is 1. The molecule has 3 N–H and O–H groups in total. The molecular weight excluding hydrogens is 535 g/mol. The van der Waals surface area contributed by atoms with Crippen LogP contribution in [0.1, 0.15) is 54.4 Å². The molecule has 33 heavy (non-hydrogen) atoms. The first-order chi connectivity index (χ1) is 15.5. The van der Waals surface area contributed by atoms with E-state index in [-0.39, 0.29) is 36.0 Å². The van der Waals surface area contributed by atoms with Crippen LogP contribution in [0.25, 0.3) is 0 Å². The number of rotatable bonds is 10. The molecule has 1 aromatic carbocycles. The molecule has 2 aromatic rings. The Hall–Kier alpha value is -2.43. The van der Waals surface area contributed by atoms with E-state index in [1.807, 2.05) is 26.8 Å². The topological polar surface area (TPSA) is 97.1 Å². The van der Waals surface area contributed by atoms with Gasteiger partial charge in [-0.05, 0) is 52.3 Å². The molecule has 182 valence electrons. The van der Waals surface area contributed by atoms with Gasteiger partial charge in [-0.1, -0.05) is 0 Å². The summed E-state index contributed by atoms with van der Waals surface area (Å²) in [7, 11) is 0. The van der Waals surface area contributed by atoms with E-state index in [1.165, 1.54) is 11.8 Å². The SMILES string of the molecule is CCNC(=NCc1cc2c(cc1OCC)CC(C)O2)NCCCNC(=O)c1occc1C.I. The summed E-state index contributed by atoms with van der Waals surface area (Å²) in [6.45, 7) is 11.0. The molecule has 2 heterocycles. The fourth-order valence-corrected chi connectivity index (χ4v) is 3.58. The summed E-state index contributed by atoms with van der Waals surface area (Å²) in [4.78, 5) is 16.8. The van der Waals surface area contributed by atoms with Crippen LogP contribution in [0.3, 0.4) is 0 Å². The minimum atomic E-state index is -0.190. The highest BCUT2D eigenvalue weighted by atomic mass is 127. The lowest BCUT2D eigenvalue weighted by Gasteiger charge is -2.14. The third kappa shape index (κ3) is 7.55. The molecule has 0 bridgehead atoms. The fraction of sp³-hybridized carbons (Fsp3) is 0.500. The van der Waals surface area contributed by atoms with Crippen molar-refractivity contribution in [3.63, 3.8) is 0 Å². The first-order valence-electron chi connectivity index (χ1n) is 11.3. The number of carbonyl (C=O) groups is 1. The molecule has 1 unspecified atom stereocenters. The fourth-order valence-electron chi connectivity index (χ4n) is 3.58. The van der Waals surface area contributed by atoms with Gasteiger partial charge in [-0.25, -0.2) is 4.99 Å². The van der Waals surface area contributed by atoms with Crippen molar-refractivity contribution in [3.05, 3.63) is 46.9 Å². The Labute approximate surface area is 212 Å². The Morgan fingerprint density at radius 2 is 2.00 bits per heavy atom. The number of hydrogen-bond acceptors (Lipinski definition) is 5. The molecule has 1 aliphatic rings. The summed E-state index contributed by atoms with van der Waals surface area (Å²) in [5.74, 6) is 2.68. The third-order valence-corrected chi connectivity index (χ3v) is 5.13. The van der Waals surface area contributed by atoms with Gasteiger partial charge in [0.05, 0.1) is 19.4 Å². The average molecular weight is 570 g/mol. The first kappa shape index (κ1) is 26.8. The van der Waals surface area contributed by atoms with Crippen LogP contribution in [0.5, 0.6) is 11.5 Å². The molecule has 0 spiro atoms. The van der Waals surface area contributed by atoms with Gasteiger partial charge in [0.15, 0.2) is 11.7 Å². The highest BCUT2D eigenvalue weighted by molar-refractivity contribution is 14.0. The van der Waals surface area contributed by atoms with Crippen molar-refractivity contribution in [2.24, 2.45) is 4.99 Å². The average Bonchev–Trinajstić information content (AvgIpc) is 3.35. The maximum atomic E-state index is 12.1. The van der Waals surface area contributed by atoms with Crippen LogP contribution in [-0.4, -0.2) is 44.2 Å². The second-order valence-electron chi connectivity index (χ2n) is 7.80. The highest BCUT2D eigenvalue weighted by Gasteiger charge is 2.21. The number of benzene rings is 1. The maximum absolute atomic E-state index is 12.1. The second kappa shape index (κ2) is 13.3. The van der Waals surface area contributed by atoms with E-state index in [4.69, 9.17) is 18.9 Å². The van der Waals surface area contributed by atoms with Crippen LogP contribution in [0, 0.1) is 6.92 Å². The Morgan fingerprint density at radius 1 is 1.21 bits per heavy atom. The number of ether oxygens (including phenoxy) is 2. The zero-order valence-corrected chi connectivity index (χ0v) is 22.2. The van der Waals surface area contributed by atoms with Crippen molar-refractivity contribution in [3.8, 4) is 11.5 Å². The summed E-state index contributed by atoms with van der Waals surface area (Å²) < 4.78 is 17.0. The van der Waals surface area contributed by atoms with Crippen LogP contribution >= 0.6 is 24.0 Å². The van der Waals surface area contributed by atoms with E-state index >= 15 is 0 Å². The number of halogens is 1. The summed E-state index contributed by atoms with van der Waals surface area (Å²) in [5, 5.41) is 9.45. The summed E-state index contributed by atoms with van der Waals surface area (Å²) in [6.07, 6.45) is 3.37. The van der Waals surface area contributed by atoms with Gasteiger partial charge in [0.25, 0.3) is 5.91 Å². The lowest BCUT2D eigenvalue weighted by molar-refractivity contribution is 0.0925. The van der Waals surface area contributed by atoms with Gasteiger partial charge in [-0.2, -0.15) is 0 Å². The molecule has 1 aliphatic heterocycles. The number of fused-ring (bicyclic) bond motifs is 1. The summed E-state index contributed by atoms with van der Waals surface area (Å²) in [6, 6.07) is 5.90. The molecular formula is C24H35IN4O4. The van der Waals surface area contributed by atoms with Gasteiger partial charge >= 0.3 is 0 Å². The van der Waals surface area contributed by atoms with E-state index in [1.54, 1.807) is 6.07 Å². The van der Waals surface area contributed by atoms with E-state index in [0.29, 0.717) is 32.0 Å². The lowest BCUT2D eigenvalue weighted by Crippen LogP contribution is -2.38. The molecule has 0 aliphatic carbocycles. The van der Waals surface area contributed by atoms with Gasteiger partial charge in [0.2, 0.25) is 0 Å². The van der Waals surface area contributed by atoms with Crippen molar-refractivity contribution in [1.29, 1.82) is 0 Å². The molecule has 9 heteroatoms. The van der Waals surface area contributed by atoms with Gasteiger partial charge in [-0.15, -0.1) is 24.0 Å². The molecule has 0 saturated carbocycles. The Bertz CT molecular complexity index is 945. The van der Waals surface area contributed by atoms with Crippen molar-refractivity contribution in [2.75, 3.05) is 26.2 Å². The molecule has 3 rings (SSSR count). The van der Waals surface area contributed by atoms with E-state index < -0.39 is 0 Å². The van der Waals surface area contributed by atoms with Crippen LogP contribution in [0.15, 0.2) is 33.9 Å². The van der Waals surface area contributed by atoms with Gasteiger partial charge in [-0.3, -0.25) is 4.79 Å². The molecule has 1 aromatic heterocycles. The Kier molecular flexibility index (Phi) is 10.8. The second-order valence-corrected chi connectivity index (χ2v) is 7.80. The Morgan fingerprint density at radius 3 is 2.70 bits per heavy atom. The third-order valence-electron chi connectivity index (χ3n) is 5.13. The number of hydrogen-bond donors (Lipinski definition) is 3. The molecule has 0 radical (unpaired) electrons. The predicted molar refractivity (Wildman–Crippen MR) is 140 cm³/mol. The van der Waals surface area contributed by atoms with Crippen molar-refractivity contribution >= 4 is 35.8 Å². The van der Waals surface area contributed by atoms with Crippen molar-refractivity contribution in [2.45, 2.75) is 53.2 Å². The number of furan rings is 1. The number of guanidine groups is 1. The first-order valence-corrected chi connectivity index (χ1v) is 11.3. The molecule has 1 atom stereocenters. The minimum absolute atomic E-state index is 0. The van der Waals surface area contributed by atoms with Crippen LogP contribution < -0.4 is 25.4 Å². The predicted octanol–water partition coefficient (Wildman–Crippen LogP) is 3.80. The quantitative estimate of drug-likeness (QED) is 0.174. The Balaban J connectivity index is 0.00000385. The molecule has 0 fully saturated rings. The number of aliphatic imine (C=N–C) groups is 1. The van der Waals surface area contributed by atoms with Gasteiger partial charge in [0.1, 0.15) is 17.6 Å². The van der Waals surface area contributed by atoms with Crippen molar-refractivity contribution < 1.29 is 18.7 Å². The van der Waals surface area contributed by atoms with Gasteiger partial charge in [0, 0.05) is 42.7 Å². The number of nitrogens with one attached hydrogen (secondary N) is 3. The minimum Gasteiger partial charge on any atom is -0.494 e. The standard InChI is InChI=1S/C24H34N4O4.HI/c1-5-25-24(27-10-7-9-26-23(29)22-16(3)8-11-31-22)28-15-19-14-21-18(12-17(4)32-21)13-20(19)30-6-2;/h8,11,13-14,17H,5-7,9-10,12,15H2,1-4H3,(H,26,29)(H2,25,27,28);1H. The maximum Gasteiger partial charge on any atom is 0.287 e. The number of nitrogens with zero attached hydrogens (tertiary/aromatic N) is 1. The summed E-state index contributed by atoms with van der Waals surface area (Å²) >= 11 is 0. The molecule has 0 saturated heterocycles. The molecule has 1 amide bonds. The smallest absolute Gasteiger partial charge is 0.287 e. The normalized spacial score (nSPS) is 14.7. The monoisotopic (exact) mass is 570 g/mol. The zero-order chi connectivity index (χ0) is 22.9. The van der Waals surface area contributed by atoms with Gasteiger partial charge < -0.3 is 29.8 Å². The van der Waals surface area contributed by atoms with E-state index in [2.05, 4.69) is 28.9 Å². The van der Waals surface area contributed by atoms with Crippen LogP contribution in [0.2, 0.25) is 0 Å². The lowest BCUT2D eigenvalue weighted by atomic mass is 10.1.